The fourth-order valence-electron chi connectivity index (χ4n) is 11.0. The molecule has 12 aromatic rings. The Kier molecular flexibility index (Phi) is 9.10. The molecule has 0 aliphatic rings. The van der Waals surface area contributed by atoms with E-state index in [1.807, 2.05) is 0 Å². The maximum absolute atomic E-state index is 2.37. The highest BCUT2D eigenvalue weighted by Gasteiger charge is 2.26. The highest BCUT2D eigenvalue weighted by molar-refractivity contribution is 6.27. The van der Waals surface area contributed by atoms with E-state index in [0.717, 1.165) is 0 Å². The lowest BCUT2D eigenvalue weighted by Crippen LogP contribution is -2.11. The Morgan fingerprint density at radius 2 is 0.591 bits per heavy atom. The van der Waals surface area contributed by atoms with Crippen LogP contribution in [0.3, 0.4) is 0 Å². The molecule has 0 N–H and O–H groups in total. The Hall–Kier alpha value is -7.54. The van der Waals surface area contributed by atoms with Crippen LogP contribution in [0.5, 0.6) is 0 Å². The SMILES string of the molecule is CC(C)(C)c1ccc(C(=C(c2ccccc2-c2ccc3ccc4cccc5ccc2c3c45)c2ccccc2-c2ccc3ccc4cccc5ccc2c3c45)c2ccc(C(C)(C)C)cc2)cc1. The van der Waals surface area contributed by atoms with Crippen LogP contribution in [0.1, 0.15) is 74.9 Å². The number of hydrogen-bond donors (Lipinski definition) is 0. The quantitative estimate of drug-likeness (QED) is 0.116. The van der Waals surface area contributed by atoms with Crippen molar-refractivity contribution in [3.05, 3.63) is 240 Å². The predicted octanol–water partition coefficient (Wildman–Crippen LogP) is 18.4. The minimum absolute atomic E-state index is 0.0167. The van der Waals surface area contributed by atoms with E-state index >= 15 is 0 Å². The van der Waals surface area contributed by atoms with E-state index in [-0.39, 0.29) is 10.8 Å². The topological polar surface area (TPSA) is 0 Å². The molecule has 0 saturated carbocycles. The van der Waals surface area contributed by atoms with Crippen LogP contribution >= 0.6 is 0 Å². The van der Waals surface area contributed by atoms with E-state index < -0.39 is 0 Å². The van der Waals surface area contributed by atoms with E-state index in [2.05, 4.69) is 248 Å². The molecular formula is C66H52. The first-order valence-electron chi connectivity index (χ1n) is 23.5. The van der Waals surface area contributed by atoms with Crippen LogP contribution in [-0.4, -0.2) is 0 Å². The van der Waals surface area contributed by atoms with Gasteiger partial charge >= 0.3 is 0 Å². The third kappa shape index (κ3) is 6.42. The zero-order valence-electron chi connectivity index (χ0n) is 38.6. The second kappa shape index (κ2) is 15.0. The van der Waals surface area contributed by atoms with Crippen molar-refractivity contribution in [2.24, 2.45) is 0 Å². The lowest BCUT2D eigenvalue weighted by Gasteiger charge is -2.25. The molecule has 0 aliphatic heterocycles. The minimum Gasteiger partial charge on any atom is -0.0616 e. The van der Waals surface area contributed by atoms with Gasteiger partial charge in [-0.15, -0.1) is 0 Å². The molecule has 0 aromatic heterocycles. The Morgan fingerprint density at radius 3 is 0.970 bits per heavy atom. The van der Waals surface area contributed by atoms with E-state index in [1.165, 1.54) is 131 Å². The number of rotatable bonds is 6. The highest BCUT2D eigenvalue weighted by Crippen LogP contribution is 2.48. The first-order valence-corrected chi connectivity index (χ1v) is 23.5. The van der Waals surface area contributed by atoms with Crippen molar-refractivity contribution in [3.63, 3.8) is 0 Å². The van der Waals surface area contributed by atoms with Crippen molar-refractivity contribution < 1.29 is 0 Å². The molecule has 0 unspecified atom stereocenters. The third-order valence-electron chi connectivity index (χ3n) is 14.4. The van der Waals surface area contributed by atoms with Crippen LogP contribution in [0.15, 0.2) is 206 Å². The monoisotopic (exact) mass is 844 g/mol. The molecule has 0 atom stereocenters. The van der Waals surface area contributed by atoms with Crippen molar-refractivity contribution in [1.29, 1.82) is 0 Å². The molecule has 316 valence electrons. The summed E-state index contributed by atoms with van der Waals surface area (Å²) >= 11 is 0. The fraction of sp³-hybridized carbons (Fsp3) is 0.121. The number of benzene rings is 12. The van der Waals surface area contributed by atoms with Crippen LogP contribution in [0.2, 0.25) is 0 Å². The Balaban J connectivity index is 1.21. The van der Waals surface area contributed by atoms with Crippen molar-refractivity contribution in [1.82, 2.24) is 0 Å². The molecular weight excluding hydrogens is 793 g/mol. The summed E-state index contributed by atoms with van der Waals surface area (Å²) in [5.41, 5.74) is 14.8. The summed E-state index contributed by atoms with van der Waals surface area (Å²) in [6.07, 6.45) is 0. The largest absolute Gasteiger partial charge is 0.0616 e. The van der Waals surface area contributed by atoms with Gasteiger partial charge in [-0.1, -0.05) is 248 Å². The van der Waals surface area contributed by atoms with Crippen LogP contribution in [0.4, 0.5) is 0 Å². The van der Waals surface area contributed by atoms with Gasteiger partial charge in [-0.3, -0.25) is 0 Å². The zero-order chi connectivity index (χ0) is 44.9. The second-order valence-electron chi connectivity index (χ2n) is 20.4. The molecule has 0 heteroatoms. The molecule has 66 heavy (non-hydrogen) atoms. The molecule has 0 fully saturated rings. The Morgan fingerprint density at radius 1 is 0.258 bits per heavy atom. The average molecular weight is 845 g/mol. The van der Waals surface area contributed by atoms with Crippen molar-refractivity contribution in [2.75, 3.05) is 0 Å². The lowest BCUT2D eigenvalue weighted by atomic mass is 9.78. The summed E-state index contributed by atoms with van der Waals surface area (Å²) < 4.78 is 0. The van der Waals surface area contributed by atoms with Gasteiger partial charge in [0, 0.05) is 0 Å². The van der Waals surface area contributed by atoms with E-state index in [1.54, 1.807) is 0 Å². The standard InChI is InChI=1S/C66H52/c1-65(2,3)49-33-25-45(26-34-49)61(46-27-35-50(36-28-46)66(4,5)6)64(55-19-9-7-17-51(55)53-37-29-47-23-21-41-13-11-15-43-31-39-57(53)62(47)59(41)43)56-20-10-8-18-52(56)54-38-30-48-24-22-42-14-12-16-44-32-40-58(54)63(48)60(42)44/h7-40H,1-6H3. The van der Waals surface area contributed by atoms with Crippen molar-refractivity contribution >= 4 is 75.8 Å². The molecule has 0 radical (unpaired) electrons. The van der Waals surface area contributed by atoms with E-state index in [9.17, 15) is 0 Å². The van der Waals surface area contributed by atoms with Gasteiger partial charge in [-0.2, -0.15) is 0 Å². The first-order chi connectivity index (χ1) is 32.0. The van der Waals surface area contributed by atoms with Gasteiger partial charge in [0.25, 0.3) is 0 Å². The molecule has 0 bridgehead atoms. The molecule has 0 heterocycles. The van der Waals surface area contributed by atoms with Gasteiger partial charge in [-0.25, -0.2) is 0 Å². The van der Waals surface area contributed by atoms with Crippen molar-refractivity contribution in [3.8, 4) is 22.3 Å². The first kappa shape index (κ1) is 40.0. The second-order valence-corrected chi connectivity index (χ2v) is 20.4. The Bertz CT molecular complexity index is 3560. The smallest absolute Gasteiger partial charge is 0.00143 e. The van der Waals surface area contributed by atoms with Gasteiger partial charge in [0.1, 0.15) is 0 Å². The van der Waals surface area contributed by atoms with Crippen LogP contribution in [0, 0.1) is 0 Å². The lowest BCUT2D eigenvalue weighted by molar-refractivity contribution is 0.590. The van der Waals surface area contributed by atoms with Gasteiger partial charge in [-0.05, 0) is 142 Å². The maximum Gasteiger partial charge on any atom is -0.00143 e. The molecule has 0 nitrogen and oxygen atoms in total. The summed E-state index contributed by atoms with van der Waals surface area (Å²) in [6.45, 7) is 13.8. The summed E-state index contributed by atoms with van der Waals surface area (Å²) in [7, 11) is 0. The van der Waals surface area contributed by atoms with Gasteiger partial charge in [0.2, 0.25) is 0 Å². The van der Waals surface area contributed by atoms with Crippen LogP contribution < -0.4 is 0 Å². The summed E-state index contributed by atoms with van der Waals surface area (Å²) in [5, 5.41) is 15.5. The normalized spacial score (nSPS) is 12.4. The summed E-state index contributed by atoms with van der Waals surface area (Å²) in [4.78, 5) is 0. The average Bonchev–Trinajstić information content (AvgIpc) is 3.34. The van der Waals surface area contributed by atoms with Crippen LogP contribution in [0.25, 0.3) is 98.0 Å². The molecule has 12 aromatic carbocycles. The molecule has 0 spiro atoms. The molecule has 0 saturated heterocycles. The van der Waals surface area contributed by atoms with E-state index in [4.69, 9.17) is 0 Å². The molecule has 0 aliphatic carbocycles. The minimum atomic E-state index is 0.0167. The van der Waals surface area contributed by atoms with Crippen LogP contribution in [-0.2, 0) is 10.8 Å². The fourth-order valence-corrected chi connectivity index (χ4v) is 11.0. The number of hydrogen-bond acceptors (Lipinski definition) is 0. The molecule has 12 rings (SSSR count). The highest BCUT2D eigenvalue weighted by atomic mass is 14.3. The molecule has 0 amide bonds. The summed E-state index contributed by atoms with van der Waals surface area (Å²) in [6, 6.07) is 78.4. The zero-order valence-corrected chi connectivity index (χ0v) is 38.6. The van der Waals surface area contributed by atoms with Gasteiger partial charge in [0.15, 0.2) is 0 Å². The summed E-state index contributed by atoms with van der Waals surface area (Å²) in [5.74, 6) is 0. The van der Waals surface area contributed by atoms with Gasteiger partial charge in [0.05, 0.1) is 0 Å². The predicted molar refractivity (Wildman–Crippen MR) is 286 cm³/mol. The Labute approximate surface area is 388 Å². The maximum atomic E-state index is 2.37. The van der Waals surface area contributed by atoms with E-state index in [0.29, 0.717) is 0 Å². The van der Waals surface area contributed by atoms with Crippen molar-refractivity contribution in [2.45, 2.75) is 52.4 Å². The third-order valence-corrected chi connectivity index (χ3v) is 14.4. The van der Waals surface area contributed by atoms with Gasteiger partial charge < -0.3 is 0 Å².